The third-order valence-corrected chi connectivity index (χ3v) is 6.44. The predicted octanol–water partition coefficient (Wildman–Crippen LogP) is 3.48. The summed E-state index contributed by atoms with van der Waals surface area (Å²) in [6.07, 6.45) is 1.69. The fraction of sp³-hybridized carbons (Fsp3) is 0.167. The Balaban J connectivity index is 1.64. The molecule has 1 aromatic heterocycles. The number of methoxy groups -OCH3 is 1. The molecule has 0 saturated carbocycles. The molecule has 192 valence electrons. The number of oxazole rings is 1. The molecule has 1 aliphatic heterocycles. The molecule has 3 aromatic carbocycles. The lowest BCUT2D eigenvalue weighted by atomic mass is 9.95. The van der Waals surface area contributed by atoms with Crippen LogP contribution in [0.2, 0.25) is 0 Å². The Labute approximate surface area is 219 Å². The number of nitrogens with one attached hydrogen (secondary N) is 1. The van der Waals surface area contributed by atoms with Gasteiger partial charge in [-0.25, -0.2) is 9.56 Å². The molecule has 0 fully saturated rings. The lowest BCUT2D eigenvalue weighted by Crippen LogP contribution is -2.40. The number of hydrogen-bond donors (Lipinski definition) is 1. The molecule has 1 unspecified atom stereocenters. The van der Waals surface area contributed by atoms with Crippen LogP contribution in [0.25, 0.3) is 6.08 Å². The number of amides is 1. The molecule has 0 aliphatic carbocycles. The first-order valence-corrected chi connectivity index (χ1v) is 12.2. The normalized spacial score (nSPS) is 15.1. The van der Waals surface area contributed by atoms with Crippen LogP contribution in [-0.2, 0) is 4.79 Å². The second-order valence-corrected chi connectivity index (χ2v) is 9.16. The van der Waals surface area contributed by atoms with E-state index in [2.05, 4.69) is 10.3 Å². The van der Waals surface area contributed by atoms with Crippen molar-refractivity contribution >= 4 is 23.4 Å². The Morgan fingerprint density at radius 1 is 1.03 bits per heavy atom. The highest BCUT2D eigenvalue weighted by atomic mass is 16.5. The van der Waals surface area contributed by atoms with Gasteiger partial charge in [-0.3, -0.25) is 9.59 Å². The summed E-state index contributed by atoms with van der Waals surface area (Å²) < 4.78 is 12.7. The summed E-state index contributed by atoms with van der Waals surface area (Å²) in [6.45, 7) is 1.75. The van der Waals surface area contributed by atoms with Crippen LogP contribution >= 0.6 is 0 Å². The third kappa shape index (κ3) is 4.76. The highest BCUT2D eigenvalue weighted by Crippen LogP contribution is 2.31. The number of fused-ring (bicyclic) bond motifs is 1. The molecule has 38 heavy (non-hydrogen) atoms. The first-order valence-electron chi connectivity index (χ1n) is 12.2. The average molecular weight is 509 g/mol. The number of aromatic nitrogens is 1. The zero-order chi connectivity index (χ0) is 26.8. The van der Waals surface area contributed by atoms with E-state index in [0.717, 1.165) is 16.8 Å². The number of carbonyl (C=O) groups is 1. The van der Waals surface area contributed by atoms with E-state index < -0.39 is 6.04 Å². The second-order valence-electron chi connectivity index (χ2n) is 9.16. The monoisotopic (exact) mass is 508 g/mol. The fourth-order valence-electron chi connectivity index (χ4n) is 4.45. The van der Waals surface area contributed by atoms with Gasteiger partial charge in [0.2, 0.25) is 0 Å². The van der Waals surface area contributed by atoms with Crippen LogP contribution < -0.4 is 31.6 Å². The Bertz CT molecular complexity index is 1680. The average Bonchev–Trinajstić information content (AvgIpc) is 3.22. The number of ether oxygens (including phenoxy) is 1. The maximum atomic E-state index is 13.7. The van der Waals surface area contributed by atoms with Gasteiger partial charge in [0.1, 0.15) is 5.75 Å². The second kappa shape index (κ2) is 10.3. The lowest BCUT2D eigenvalue weighted by Gasteiger charge is -2.24. The number of benzene rings is 3. The molecule has 5 rings (SSSR count). The SMILES string of the molecule is COc1ccc(C2C(C(=O)Nc3ccccc3)=C(C)N=c3o/c(=C\c4ccc(N(C)C)cc4)c(=O)n32)cc1. The van der Waals surface area contributed by atoms with Gasteiger partial charge in [0.25, 0.3) is 11.5 Å². The summed E-state index contributed by atoms with van der Waals surface area (Å²) >= 11 is 0. The van der Waals surface area contributed by atoms with Crippen molar-refractivity contribution in [2.24, 2.45) is 4.99 Å². The molecule has 0 spiro atoms. The van der Waals surface area contributed by atoms with Crippen LogP contribution in [0.5, 0.6) is 5.75 Å². The van der Waals surface area contributed by atoms with Crippen LogP contribution in [0.4, 0.5) is 11.4 Å². The van der Waals surface area contributed by atoms with E-state index in [4.69, 9.17) is 9.15 Å². The Hall–Kier alpha value is -4.85. The van der Waals surface area contributed by atoms with Gasteiger partial charge in [-0.15, -0.1) is 0 Å². The van der Waals surface area contributed by atoms with Gasteiger partial charge in [-0.2, -0.15) is 0 Å². The van der Waals surface area contributed by atoms with Gasteiger partial charge in [-0.1, -0.05) is 42.5 Å². The number of hydrogen-bond acceptors (Lipinski definition) is 6. The van der Waals surface area contributed by atoms with Gasteiger partial charge < -0.3 is 19.4 Å². The molecule has 1 aliphatic rings. The van der Waals surface area contributed by atoms with E-state index in [-0.39, 0.29) is 22.6 Å². The molecule has 0 saturated heterocycles. The first kappa shape index (κ1) is 24.8. The zero-order valence-corrected chi connectivity index (χ0v) is 21.6. The maximum Gasteiger partial charge on any atom is 0.306 e. The molecule has 8 heteroatoms. The van der Waals surface area contributed by atoms with Gasteiger partial charge in [0.05, 0.1) is 24.4 Å². The smallest absolute Gasteiger partial charge is 0.306 e. The molecule has 4 aromatic rings. The van der Waals surface area contributed by atoms with E-state index in [1.54, 1.807) is 44.4 Å². The molecule has 2 heterocycles. The van der Waals surface area contributed by atoms with Crippen LogP contribution in [0.15, 0.2) is 104 Å². The molecular formula is C30H28N4O4. The number of anilines is 2. The number of nitrogens with zero attached hydrogens (tertiary/aromatic N) is 3. The lowest BCUT2D eigenvalue weighted by molar-refractivity contribution is -0.113. The minimum absolute atomic E-state index is 0.136. The number of allylic oxidation sites excluding steroid dienone is 1. The van der Waals surface area contributed by atoms with E-state index in [1.807, 2.05) is 73.6 Å². The quantitative estimate of drug-likeness (QED) is 0.431. The number of carbonyl (C=O) groups excluding carboxylic acids is 1. The van der Waals surface area contributed by atoms with E-state index in [0.29, 0.717) is 22.7 Å². The van der Waals surface area contributed by atoms with E-state index in [9.17, 15) is 9.59 Å². The van der Waals surface area contributed by atoms with Gasteiger partial charge >= 0.3 is 5.68 Å². The van der Waals surface area contributed by atoms with Crippen LogP contribution in [-0.4, -0.2) is 31.7 Å². The Kier molecular flexibility index (Phi) is 6.70. The molecule has 0 radical (unpaired) electrons. The van der Waals surface area contributed by atoms with Gasteiger partial charge in [0.15, 0.2) is 5.42 Å². The minimum atomic E-state index is -0.744. The maximum absolute atomic E-state index is 13.7. The molecule has 0 bridgehead atoms. The summed E-state index contributed by atoms with van der Waals surface area (Å²) in [7, 11) is 5.52. The minimum Gasteiger partial charge on any atom is -0.497 e. The summed E-state index contributed by atoms with van der Waals surface area (Å²) in [5.41, 5.74) is 3.95. The van der Waals surface area contributed by atoms with E-state index >= 15 is 0 Å². The molecule has 1 atom stereocenters. The molecule has 8 nitrogen and oxygen atoms in total. The van der Waals surface area contributed by atoms with Crippen molar-refractivity contribution in [1.82, 2.24) is 4.57 Å². The van der Waals surface area contributed by atoms with Crippen molar-refractivity contribution < 1.29 is 13.9 Å². The van der Waals surface area contributed by atoms with Gasteiger partial charge in [0, 0.05) is 25.5 Å². The topological polar surface area (TPSA) is 89.1 Å². The molecule has 1 amide bonds. The Morgan fingerprint density at radius 3 is 2.34 bits per heavy atom. The van der Waals surface area contributed by atoms with Crippen molar-refractivity contribution in [3.8, 4) is 5.75 Å². The summed E-state index contributed by atoms with van der Waals surface area (Å²) in [5.74, 6) is 0.321. The van der Waals surface area contributed by atoms with E-state index in [1.165, 1.54) is 4.57 Å². The Morgan fingerprint density at radius 2 is 1.71 bits per heavy atom. The summed E-state index contributed by atoms with van der Waals surface area (Å²) in [4.78, 5) is 33.8. The van der Waals surface area contributed by atoms with Crippen LogP contribution in [0, 0.1) is 0 Å². The van der Waals surface area contributed by atoms with Crippen LogP contribution in [0.3, 0.4) is 0 Å². The van der Waals surface area contributed by atoms with Crippen molar-refractivity contribution in [1.29, 1.82) is 0 Å². The number of rotatable bonds is 6. The van der Waals surface area contributed by atoms with Crippen LogP contribution in [0.1, 0.15) is 24.1 Å². The highest BCUT2D eigenvalue weighted by Gasteiger charge is 2.33. The number of para-hydroxylation sites is 1. The molecule has 1 N–H and O–H groups in total. The van der Waals surface area contributed by atoms with Crippen molar-refractivity contribution in [3.63, 3.8) is 0 Å². The molecular weight excluding hydrogens is 480 g/mol. The predicted molar refractivity (Wildman–Crippen MR) is 147 cm³/mol. The van der Waals surface area contributed by atoms with Crippen molar-refractivity contribution in [2.75, 3.05) is 31.4 Å². The first-order chi connectivity index (χ1) is 18.4. The zero-order valence-electron chi connectivity index (χ0n) is 21.6. The van der Waals surface area contributed by atoms with Crippen molar-refractivity contribution in [2.45, 2.75) is 13.0 Å². The standard InChI is InChI=1S/C30H28N4O4/c1-19-26(28(35)32-22-8-6-5-7-9-22)27(21-12-16-24(37-4)17-13-21)34-29(36)25(38-30(34)31-19)18-20-10-14-23(15-11-20)33(2)3/h5-18,27H,1-4H3,(H,32,35)/b25-18-. The van der Waals surface area contributed by atoms with Gasteiger partial charge in [-0.05, 0) is 60.5 Å². The largest absolute Gasteiger partial charge is 0.497 e. The van der Waals surface area contributed by atoms with Crippen molar-refractivity contribution in [3.05, 3.63) is 123 Å². The summed E-state index contributed by atoms with van der Waals surface area (Å²) in [5, 5.41) is 2.94. The highest BCUT2D eigenvalue weighted by molar-refractivity contribution is 6.05. The third-order valence-electron chi connectivity index (χ3n) is 6.44. The fourth-order valence-corrected chi connectivity index (χ4v) is 4.45. The summed E-state index contributed by atoms with van der Waals surface area (Å²) in [6, 6.07) is 23.5.